The van der Waals surface area contributed by atoms with Crippen LogP contribution in [0.3, 0.4) is 0 Å². The van der Waals surface area contributed by atoms with E-state index in [9.17, 15) is 5.26 Å². The number of rotatable bonds is 5. The molecule has 0 aromatic heterocycles. The van der Waals surface area contributed by atoms with Crippen LogP contribution in [0.4, 0.5) is 0 Å². The molecule has 4 rings (SSSR count). The minimum absolute atomic E-state index is 0.576. The molecule has 4 heteroatoms. The van der Waals surface area contributed by atoms with Crippen molar-refractivity contribution in [2.45, 2.75) is 30.5 Å². The van der Waals surface area contributed by atoms with Crippen LogP contribution < -0.4 is 5.32 Å². The average Bonchev–Trinajstić information content (AvgIpc) is 3.31. The zero-order valence-corrected chi connectivity index (χ0v) is 14.1. The number of nitrogens with one attached hydrogen (secondary N) is 1. The van der Waals surface area contributed by atoms with E-state index < -0.39 is 11.2 Å². The van der Waals surface area contributed by atoms with Crippen molar-refractivity contribution in [3.05, 3.63) is 71.8 Å². The molecule has 2 aliphatic heterocycles. The average molecular weight is 331 g/mol. The first-order chi connectivity index (χ1) is 12.3. The Kier molecular flexibility index (Phi) is 4.03. The first-order valence-corrected chi connectivity index (χ1v) is 8.76. The maximum absolute atomic E-state index is 10.0. The molecule has 1 saturated heterocycles. The van der Waals surface area contributed by atoms with Gasteiger partial charge in [0.2, 0.25) is 5.60 Å². The molecule has 1 atom stereocenters. The first-order valence-electron chi connectivity index (χ1n) is 8.76. The second kappa shape index (κ2) is 6.34. The summed E-state index contributed by atoms with van der Waals surface area (Å²) >= 11 is 0. The highest BCUT2D eigenvalue weighted by atomic mass is 16.6. The first kappa shape index (κ1) is 15.9. The van der Waals surface area contributed by atoms with Crippen LogP contribution in [0.2, 0.25) is 0 Å². The maximum atomic E-state index is 10.0. The number of benzene rings is 2. The van der Waals surface area contributed by atoms with Gasteiger partial charge in [-0.05, 0) is 17.5 Å². The van der Waals surface area contributed by atoms with Crippen LogP contribution in [-0.4, -0.2) is 30.1 Å². The molecular weight excluding hydrogens is 310 g/mol. The van der Waals surface area contributed by atoms with Crippen LogP contribution >= 0.6 is 0 Å². The van der Waals surface area contributed by atoms with Crippen molar-refractivity contribution in [1.82, 2.24) is 5.32 Å². The van der Waals surface area contributed by atoms with E-state index in [1.54, 1.807) is 0 Å². The number of hydrogen-bond acceptors (Lipinski definition) is 4. The van der Waals surface area contributed by atoms with Crippen LogP contribution in [0, 0.1) is 11.3 Å². The summed E-state index contributed by atoms with van der Waals surface area (Å²) in [6.07, 6.45) is 2.38. The van der Waals surface area contributed by atoms with Crippen molar-refractivity contribution in [1.29, 1.82) is 5.26 Å². The molecule has 2 aromatic rings. The summed E-state index contributed by atoms with van der Waals surface area (Å²) in [5.41, 5.74) is 0.797. The number of amidine groups is 1. The largest absolute Gasteiger partial charge is 0.370 e. The molecule has 4 nitrogen and oxygen atoms in total. The summed E-state index contributed by atoms with van der Waals surface area (Å²) in [5, 5.41) is 13.3. The van der Waals surface area contributed by atoms with E-state index in [0.29, 0.717) is 18.7 Å². The Morgan fingerprint density at radius 2 is 1.60 bits per heavy atom. The van der Waals surface area contributed by atoms with Crippen LogP contribution in [0.25, 0.3) is 0 Å². The van der Waals surface area contributed by atoms with E-state index >= 15 is 0 Å². The van der Waals surface area contributed by atoms with Gasteiger partial charge in [0.05, 0.1) is 0 Å². The Hall–Kier alpha value is -2.64. The van der Waals surface area contributed by atoms with Gasteiger partial charge in [-0.25, -0.2) is 0 Å². The van der Waals surface area contributed by atoms with Gasteiger partial charge in [0.25, 0.3) is 0 Å². The minimum atomic E-state index is -0.973. The van der Waals surface area contributed by atoms with Gasteiger partial charge in [-0.15, -0.1) is 0 Å². The fraction of sp³-hybridized carbons (Fsp3) is 0.333. The predicted octanol–water partition coefficient (Wildman–Crippen LogP) is 2.89. The molecule has 1 unspecified atom stereocenters. The smallest absolute Gasteiger partial charge is 0.241 e. The highest BCUT2D eigenvalue weighted by molar-refractivity contribution is 5.98. The van der Waals surface area contributed by atoms with E-state index in [-0.39, 0.29) is 0 Å². The third kappa shape index (κ3) is 2.81. The highest BCUT2D eigenvalue weighted by Crippen LogP contribution is 2.53. The Balaban J connectivity index is 1.70. The second-order valence-electron chi connectivity index (χ2n) is 6.72. The minimum Gasteiger partial charge on any atom is -0.370 e. The third-order valence-corrected chi connectivity index (χ3v) is 5.00. The van der Waals surface area contributed by atoms with E-state index in [4.69, 9.17) is 4.74 Å². The maximum Gasteiger partial charge on any atom is 0.241 e. The summed E-state index contributed by atoms with van der Waals surface area (Å²) in [6, 6.07) is 22.9. The van der Waals surface area contributed by atoms with Crippen LogP contribution in [0.5, 0.6) is 0 Å². The Morgan fingerprint density at radius 3 is 2.08 bits per heavy atom. The van der Waals surface area contributed by atoms with E-state index in [1.165, 1.54) is 11.1 Å². The number of hydrogen-bond donors (Lipinski definition) is 1. The number of epoxide rings is 1. The van der Waals surface area contributed by atoms with Gasteiger partial charge in [0.1, 0.15) is 17.5 Å². The van der Waals surface area contributed by atoms with Crippen molar-refractivity contribution in [2.75, 3.05) is 13.1 Å². The molecule has 0 amide bonds. The Labute approximate surface area is 148 Å². The monoisotopic (exact) mass is 331 g/mol. The number of nitriles is 1. The van der Waals surface area contributed by atoms with E-state index in [1.807, 2.05) is 36.4 Å². The second-order valence-corrected chi connectivity index (χ2v) is 6.72. The molecule has 1 fully saturated rings. The third-order valence-electron chi connectivity index (χ3n) is 5.00. The van der Waals surface area contributed by atoms with E-state index in [0.717, 1.165) is 19.5 Å². The zero-order chi connectivity index (χ0) is 17.2. The fourth-order valence-corrected chi connectivity index (χ4v) is 3.71. The quantitative estimate of drug-likeness (QED) is 0.857. The highest BCUT2D eigenvalue weighted by Gasteiger charge is 2.73. The lowest BCUT2D eigenvalue weighted by atomic mass is 9.82. The number of aliphatic imine (C=N–C) groups is 1. The van der Waals surface area contributed by atoms with Gasteiger partial charge in [0.15, 0.2) is 0 Å². The van der Waals surface area contributed by atoms with Gasteiger partial charge >= 0.3 is 0 Å². The topological polar surface area (TPSA) is 60.7 Å². The van der Waals surface area contributed by atoms with Crippen LogP contribution in [0.15, 0.2) is 65.7 Å². The summed E-state index contributed by atoms with van der Waals surface area (Å²) in [7, 11) is 0. The van der Waals surface area contributed by atoms with Crippen molar-refractivity contribution in [3.8, 4) is 6.07 Å². The molecule has 0 saturated carbocycles. The molecule has 0 bridgehead atoms. The van der Waals surface area contributed by atoms with Gasteiger partial charge in [0, 0.05) is 25.9 Å². The van der Waals surface area contributed by atoms with Crippen molar-refractivity contribution in [2.24, 2.45) is 4.99 Å². The summed E-state index contributed by atoms with van der Waals surface area (Å²) in [4.78, 5) is 4.57. The fourth-order valence-electron chi connectivity index (χ4n) is 3.71. The summed E-state index contributed by atoms with van der Waals surface area (Å²) in [6.45, 7) is 1.60. The lowest BCUT2D eigenvalue weighted by Gasteiger charge is -2.21. The van der Waals surface area contributed by atoms with E-state index in [2.05, 4.69) is 40.6 Å². The summed E-state index contributed by atoms with van der Waals surface area (Å²) < 4.78 is 6.23. The lowest BCUT2D eigenvalue weighted by Crippen LogP contribution is -2.46. The van der Waals surface area contributed by atoms with Crippen molar-refractivity contribution < 1.29 is 4.74 Å². The predicted molar refractivity (Wildman–Crippen MR) is 97.4 cm³/mol. The molecule has 0 spiro atoms. The molecular formula is C21H21N3O. The summed E-state index contributed by atoms with van der Waals surface area (Å²) in [5.74, 6) is 0.702. The van der Waals surface area contributed by atoms with Crippen molar-refractivity contribution >= 4 is 5.84 Å². The Morgan fingerprint density at radius 1 is 1.00 bits per heavy atom. The molecule has 2 aliphatic rings. The van der Waals surface area contributed by atoms with Crippen LogP contribution in [-0.2, 0) is 17.6 Å². The van der Waals surface area contributed by atoms with Gasteiger partial charge in [-0.2, -0.15) is 5.26 Å². The number of nitrogens with zero attached hydrogens (tertiary/aromatic N) is 2. The van der Waals surface area contributed by atoms with Gasteiger partial charge < -0.3 is 10.1 Å². The lowest BCUT2D eigenvalue weighted by molar-refractivity contribution is 0.287. The SMILES string of the molecule is N#CC1(C2=NCCCN2)OC1(Cc1ccccc1)Cc1ccccc1. The van der Waals surface area contributed by atoms with Crippen LogP contribution in [0.1, 0.15) is 17.5 Å². The molecule has 0 radical (unpaired) electrons. The van der Waals surface area contributed by atoms with Gasteiger partial charge in [-0.3, -0.25) is 4.99 Å². The molecule has 2 aromatic carbocycles. The standard InChI is InChI=1S/C21H21N3O/c22-16-21(19-23-12-7-13-24-19)20(25-21,14-17-8-3-1-4-9-17)15-18-10-5-2-6-11-18/h1-6,8-11H,7,12-15H2,(H,23,24). The molecule has 126 valence electrons. The molecule has 25 heavy (non-hydrogen) atoms. The zero-order valence-electron chi connectivity index (χ0n) is 14.1. The number of ether oxygens (including phenoxy) is 1. The molecule has 2 heterocycles. The normalized spacial score (nSPS) is 23.9. The van der Waals surface area contributed by atoms with Crippen molar-refractivity contribution in [3.63, 3.8) is 0 Å². The Bertz CT molecular complexity index is 769. The van der Waals surface area contributed by atoms with Gasteiger partial charge in [-0.1, -0.05) is 60.7 Å². The molecule has 0 aliphatic carbocycles. The molecule has 1 N–H and O–H groups in total.